The highest BCUT2D eigenvalue weighted by Crippen LogP contribution is 2.32. The van der Waals surface area contributed by atoms with Crippen LogP contribution < -0.4 is 20.1 Å². The zero-order chi connectivity index (χ0) is 17.1. The quantitative estimate of drug-likeness (QED) is 0.904. The van der Waals surface area contributed by atoms with Crippen molar-refractivity contribution in [1.82, 2.24) is 5.32 Å². The third kappa shape index (κ3) is 3.32. The van der Waals surface area contributed by atoms with Crippen molar-refractivity contribution in [1.29, 1.82) is 0 Å². The summed E-state index contributed by atoms with van der Waals surface area (Å²) >= 11 is 0. The van der Waals surface area contributed by atoms with Gasteiger partial charge in [0, 0.05) is 11.3 Å². The van der Waals surface area contributed by atoms with Crippen LogP contribution in [0.15, 0.2) is 36.4 Å². The first-order valence-electron chi connectivity index (χ1n) is 7.58. The molecule has 1 heterocycles. The number of hydrogen-bond acceptors (Lipinski definition) is 4. The van der Waals surface area contributed by atoms with Crippen molar-refractivity contribution in [3.05, 3.63) is 53.1 Å². The van der Waals surface area contributed by atoms with Crippen LogP contribution in [0.5, 0.6) is 11.5 Å². The minimum absolute atomic E-state index is 0.110. The molecule has 0 bridgehead atoms. The largest absolute Gasteiger partial charge is 0.454 e. The fraction of sp³-hybridized carbons (Fsp3) is 0.222. The van der Waals surface area contributed by atoms with Gasteiger partial charge in [0.15, 0.2) is 11.5 Å². The molecular formula is C18H18N2O4. The number of amides is 2. The van der Waals surface area contributed by atoms with Crippen molar-refractivity contribution in [3.63, 3.8) is 0 Å². The number of fused-ring (bicyclic) bond motifs is 1. The summed E-state index contributed by atoms with van der Waals surface area (Å²) in [4.78, 5) is 24.2. The van der Waals surface area contributed by atoms with E-state index in [1.165, 1.54) is 0 Å². The second kappa shape index (κ2) is 6.62. The summed E-state index contributed by atoms with van der Waals surface area (Å²) in [6, 6.07) is 10.7. The molecule has 0 saturated heterocycles. The summed E-state index contributed by atoms with van der Waals surface area (Å²) in [5.74, 6) is 0.522. The van der Waals surface area contributed by atoms with Gasteiger partial charge in [-0.2, -0.15) is 0 Å². The van der Waals surface area contributed by atoms with Crippen molar-refractivity contribution in [2.75, 3.05) is 18.7 Å². The highest BCUT2D eigenvalue weighted by molar-refractivity contribution is 6.00. The molecule has 2 aromatic rings. The summed E-state index contributed by atoms with van der Waals surface area (Å²) in [6.07, 6.45) is 0. The first kappa shape index (κ1) is 15.9. The van der Waals surface area contributed by atoms with Gasteiger partial charge in [0.2, 0.25) is 12.7 Å². The summed E-state index contributed by atoms with van der Waals surface area (Å²) in [7, 11) is 0. The van der Waals surface area contributed by atoms with Gasteiger partial charge >= 0.3 is 0 Å². The van der Waals surface area contributed by atoms with Crippen molar-refractivity contribution in [3.8, 4) is 11.5 Å². The number of benzene rings is 2. The Morgan fingerprint density at radius 2 is 1.75 bits per heavy atom. The molecule has 0 radical (unpaired) electrons. The number of aryl methyl sites for hydroxylation is 2. The number of rotatable bonds is 4. The number of carbonyl (C=O) groups excluding carboxylic acids is 2. The fourth-order valence-electron chi connectivity index (χ4n) is 2.50. The van der Waals surface area contributed by atoms with Crippen LogP contribution in [-0.2, 0) is 4.79 Å². The van der Waals surface area contributed by atoms with Gasteiger partial charge in [-0.1, -0.05) is 18.2 Å². The topological polar surface area (TPSA) is 76.7 Å². The Morgan fingerprint density at radius 3 is 2.50 bits per heavy atom. The lowest BCUT2D eigenvalue weighted by Gasteiger charge is -2.12. The standard InChI is InChI=1S/C18H18N2O4/c1-11-4-3-5-12(2)17(11)20-16(21)9-19-18(22)13-6-7-14-15(8-13)24-10-23-14/h3-8H,9-10H2,1-2H3,(H,19,22)(H,20,21). The van der Waals surface area contributed by atoms with Crippen LogP contribution in [0.1, 0.15) is 21.5 Å². The van der Waals surface area contributed by atoms with Gasteiger partial charge < -0.3 is 20.1 Å². The molecule has 124 valence electrons. The molecule has 0 aliphatic carbocycles. The van der Waals surface area contributed by atoms with E-state index in [0.717, 1.165) is 16.8 Å². The van der Waals surface area contributed by atoms with Gasteiger partial charge in [-0.25, -0.2) is 0 Å². The Hall–Kier alpha value is -3.02. The van der Waals surface area contributed by atoms with Crippen molar-refractivity contribution >= 4 is 17.5 Å². The first-order chi connectivity index (χ1) is 11.5. The van der Waals surface area contributed by atoms with Gasteiger partial charge in [0.25, 0.3) is 5.91 Å². The average molecular weight is 326 g/mol. The second-order valence-electron chi connectivity index (χ2n) is 5.57. The molecule has 0 spiro atoms. The van der Waals surface area contributed by atoms with E-state index in [2.05, 4.69) is 10.6 Å². The van der Waals surface area contributed by atoms with E-state index in [9.17, 15) is 9.59 Å². The molecule has 2 N–H and O–H groups in total. The van der Waals surface area contributed by atoms with E-state index in [1.54, 1.807) is 18.2 Å². The predicted octanol–water partition coefficient (Wildman–Crippen LogP) is 2.40. The zero-order valence-electron chi connectivity index (χ0n) is 13.5. The Kier molecular flexibility index (Phi) is 4.37. The fourth-order valence-corrected chi connectivity index (χ4v) is 2.50. The molecule has 3 rings (SSSR count). The van der Waals surface area contributed by atoms with E-state index in [-0.39, 0.29) is 25.2 Å². The molecule has 0 unspecified atom stereocenters. The average Bonchev–Trinajstić information content (AvgIpc) is 3.03. The third-order valence-electron chi connectivity index (χ3n) is 3.79. The summed E-state index contributed by atoms with van der Waals surface area (Å²) in [5.41, 5.74) is 3.15. The van der Waals surface area contributed by atoms with E-state index in [0.29, 0.717) is 17.1 Å². The minimum Gasteiger partial charge on any atom is -0.454 e. The molecule has 2 amide bonds. The second-order valence-corrected chi connectivity index (χ2v) is 5.57. The van der Waals surface area contributed by atoms with E-state index in [4.69, 9.17) is 9.47 Å². The number of hydrogen-bond donors (Lipinski definition) is 2. The summed E-state index contributed by atoms with van der Waals surface area (Å²) in [6.45, 7) is 3.89. The molecule has 0 atom stereocenters. The van der Waals surface area contributed by atoms with Gasteiger partial charge in [-0.3, -0.25) is 9.59 Å². The molecule has 24 heavy (non-hydrogen) atoms. The van der Waals surface area contributed by atoms with E-state index < -0.39 is 0 Å². The molecule has 1 aliphatic heterocycles. The zero-order valence-corrected chi connectivity index (χ0v) is 13.5. The number of nitrogens with one attached hydrogen (secondary N) is 2. The van der Waals surface area contributed by atoms with Crippen LogP contribution in [-0.4, -0.2) is 25.2 Å². The number of para-hydroxylation sites is 1. The van der Waals surface area contributed by atoms with Crippen LogP contribution in [0.2, 0.25) is 0 Å². The highest BCUT2D eigenvalue weighted by atomic mass is 16.7. The Morgan fingerprint density at radius 1 is 1.04 bits per heavy atom. The summed E-state index contributed by atoms with van der Waals surface area (Å²) in [5, 5.41) is 5.43. The summed E-state index contributed by atoms with van der Waals surface area (Å²) < 4.78 is 10.4. The molecule has 1 aliphatic rings. The monoisotopic (exact) mass is 326 g/mol. The molecule has 6 heteroatoms. The third-order valence-corrected chi connectivity index (χ3v) is 3.79. The van der Waals surface area contributed by atoms with Crippen LogP contribution in [0, 0.1) is 13.8 Å². The Bertz CT molecular complexity index is 781. The molecule has 0 aromatic heterocycles. The number of carbonyl (C=O) groups is 2. The van der Waals surface area contributed by atoms with Crippen molar-refractivity contribution in [2.45, 2.75) is 13.8 Å². The lowest BCUT2D eigenvalue weighted by molar-refractivity contribution is -0.115. The minimum atomic E-state index is -0.343. The first-order valence-corrected chi connectivity index (χ1v) is 7.58. The van der Waals surface area contributed by atoms with E-state index >= 15 is 0 Å². The maximum absolute atomic E-state index is 12.1. The van der Waals surface area contributed by atoms with Crippen LogP contribution in [0.25, 0.3) is 0 Å². The number of ether oxygens (including phenoxy) is 2. The Labute approximate surface area is 139 Å². The van der Waals surface area contributed by atoms with Gasteiger partial charge in [0.1, 0.15) is 0 Å². The maximum Gasteiger partial charge on any atom is 0.251 e. The van der Waals surface area contributed by atoms with Crippen LogP contribution >= 0.6 is 0 Å². The molecule has 0 saturated carbocycles. The van der Waals surface area contributed by atoms with Crippen molar-refractivity contribution < 1.29 is 19.1 Å². The molecule has 2 aromatic carbocycles. The number of anilines is 1. The smallest absolute Gasteiger partial charge is 0.251 e. The molecule has 6 nitrogen and oxygen atoms in total. The van der Waals surface area contributed by atoms with Crippen molar-refractivity contribution in [2.24, 2.45) is 0 Å². The SMILES string of the molecule is Cc1cccc(C)c1NC(=O)CNC(=O)c1ccc2c(c1)OCO2. The van der Waals surface area contributed by atoms with Gasteiger partial charge in [-0.05, 0) is 43.2 Å². The van der Waals surface area contributed by atoms with Crippen LogP contribution in [0.3, 0.4) is 0 Å². The molecular weight excluding hydrogens is 308 g/mol. The molecule has 0 fully saturated rings. The normalized spacial score (nSPS) is 11.9. The van der Waals surface area contributed by atoms with E-state index in [1.807, 2.05) is 32.0 Å². The lowest BCUT2D eigenvalue weighted by Crippen LogP contribution is -2.33. The van der Waals surface area contributed by atoms with Gasteiger partial charge in [-0.15, -0.1) is 0 Å². The lowest BCUT2D eigenvalue weighted by atomic mass is 10.1. The predicted molar refractivity (Wildman–Crippen MR) is 89.4 cm³/mol. The highest BCUT2D eigenvalue weighted by Gasteiger charge is 2.16. The maximum atomic E-state index is 12.1. The Balaban J connectivity index is 1.59. The van der Waals surface area contributed by atoms with Crippen LogP contribution in [0.4, 0.5) is 5.69 Å². The van der Waals surface area contributed by atoms with Gasteiger partial charge in [0.05, 0.1) is 6.54 Å².